The van der Waals surface area contributed by atoms with Gasteiger partial charge < -0.3 is 10.4 Å². The molecule has 1 aromatic rings. The molecular formula is C14H18F4N2O. The molecule has 118 valence electrons. The highest BCUT2D eigenvalue weighted by atomic mass is 19.4. The summed E-state index contributed by atoms with van der Waals surface area (Å²) in [4.78, 5) is 1.86. The van der Waals surface area contributed by atoms with Crippen molar-refractivity contribution in [1.29, 1.82) is 0 Å². The molecule has 2 N–H and O–H groups in total. The topological polar surface area (TPSA) is 35.5 Å². The predicted molar refractivity (Wildman–Crippen MR) is 70.5 cm³/mol. The Morgan fingerprint density at radius 1 is 1.24 bits per heavy atom. The van der Waals surface area contributed by atoms with Crippen molar-refractivity contribution in [2.45, 2.75) is 25.1 Å². The fourth-order valence-corrected chi connectivity index (χ4v) is 2.63. The minimum absolute atomic E-state index is 0.194. The number of hydrogen-bond donors (Lipinski definition) is 2. The molecule has 0 unspecified atom stereocenters. The van der Waals surface area contributed by atoms with E-state index >= 15 is 0 Å². The van der Waals surface area contributed by atoms with Crippen LogP contribution in [0.4, 0.5) is 17.6 Å². The summed E-state index contributed by atoms with van der Waals surface area (Å²) in [7, 11) is 0. The Morgan fingerprint density at radius 2 is 1.90 bits per heavy atom. The minimum Gasteiger partial charge on any atom is -0.505 e. The van der Waals surface area contributed by atoms with Crippen LogP contribution >= 0.6 is 0 Å². The van der Waals surface area contributed by atoms with E-state index in [4.69, 9.17) is 0 Å². The van der Waals surface area contributed by atoms with E-state index < -0.39 is 30.2 Å². The molecule has 1 fully saturated rings. The van der Waals surface area contributed by atoms with E-state index in [2.05, 4.69) is 5.32 Å². The lowest BCUT2D eigenvalue weighted by Crippen LogP contribution is -2.45. The number of para-hydroxylation sites is 1. The van der Waals surface area contributed by atoms with Gasteiger partial charge in [0, 0.05) is 44.2 Å². The van der Waals surface area contributed by atoms with E-state index in [0.29, 0.717) is 26.2 Å². The van der Waals surface area contributed by atoms with Crippen LogP contribution in [-0.4, -0.2) is 42.4 Å². The third-order valence-corrected chi connectivity index (χ3v) is 3.67. The standard InChI is InChI=1S/C14H18F4N2O/c15-11-3-1-2-10(13(11)21)12(4-5-14(16,17)18)20-8-6-19-7-9-20/h1-3,12,19,21H,4-9H2/t12-/m1/s1. The van der Waals surface area contributed by atoms with Crippen LogP contribution in [0.2, 0.25) is 0 Å². The number of alkyl halides is 3. The highest BCUT2D eigenvalue weighted by Crippen LogP contribution is 2.36. The molecule has 0 amide bonds. The maximum absolute atomic E-state index is 13.5. The van der Waals surface area contributed by atoms with E-state index in [9.17, 15) is 22.7 Å². The number of nitrogens with one attached hydrogen (secondary N) is 1. The lowest BCUT2D eigenvalue weighted by molar-refractivity contribution is -0.138. The summed E-state index contributed by atoms with van der Waals surface area (Å²) < 4.78 is 51.0. The van der Waals surface area contributed by atoms with Crippen LogP contribution in [0.5, 0.6) is 5.75 Å². The summed E-state index contributed by atoms with van der Waals surface area (Å²) in [5.41, 5.74) is 0.223. The molecule has 0 aliphatic carbocycles. The molecule has 1 aliphatic heterocycles. The zero-order valence-electron chi connectivity index (χ0n) is 11.5. The van der Waals surface area contributed by atoms with Gasteiger partial charge in [0.15, 0.2) is 11.6 Å². The maximum atomic E-state index is 13.5. The molecular weight excluding hydrogens is 288 g/mol. The Kier molecular flexibility index (Phi) is 5.05. The van der Waals surface area contributed by atoms with Gasteiger partial charge >= 0.3 is 6.18 Å². The van der Waals surface area contributed by atoms with Crippen molar-refractivity contribution in [1.82, 2.24) is 10.2 Å². The normalized spacial score (nSPS) is 18.7. The summed E-state index contributed by atoms with van der Waals surface area (Å²) in [5.74, 6) is -1.36. The number of benzene rings is 1. The number of phenolic OH excluding ortho intramolecular Hbond substituents is 1. The summed E-state index contributed by atoms with van der Waals surface area (Å²) in [6, 6.07) is 3.36. The average molecular weight is 306 g/mol. The van der Waals surface area contributed by atoms with Crippen LogP contribution in [0.1, 0.15) is 24.4 Å². The van der Waals surface area contributed by atoms with E-state index in [1.807, 2.05) is 4.90 Å². The third-order valence-electron chi connectivity index (χ3n) is 3.67. The van der Waals surface area contributed by atoms with Crippen molar-refractivity contribution in [3.05, 3.63) is 29.6 Å². The zero-order chi connectivity index (χ0) is 15.5. The number of hydrogen-bond acceptors (Lipinski definition) is 3. The fourth-order valence-electron chi connectivity index (χ4n) is 2.63. The molecule has 1 heterocycles. The van der Waals surface area contributed by atoms with Gasteiger partial charge in [0.2, 0.25) is 0 Å². The van der Waals surface area contributed by atoms with E-state index in [1.165, 1.54) is 12.1 Å². The SMILES string of the molecule is Oc1c(F)cccc1[C@@H](CCC(F)(F)F)N1CCNCC1. The monoisotopic (exact) mass is 306 g/mol. The molecule has 7 heteroatoms. The van der Waals surface area contributed by atoms with Crippen molar-refractivity contribution in [2.24, 2.45) is 0 Å². The second-order valence-electron chi connectivity index (χ2n) is 5.13. The Balaban J connectivity index is 2.23. The Morgan fingerprint density at radius 3 is 2.52 bits per heavy atom. The van der Waals surface area contributed by atoms with E-state index in [-0.39, 0.29) is 12.0 Å². The van der Waals surface area contributed by atoms with Crippen LogP contribution < -0.4 is 5.32 Å². The van der Waals surface area contributed by atoms with Crippen LogP contribution in [0.25, 0.3) is 0 Å². The van der Waals surface area contributed by atoms with Crippen LogP contribution in [-0.2, 0) is 0 Å². The molecule has 21 heavy (non-hydrogen) atoms. The van der Waals surface area contributed by atoms with Crippen LogP contribution in [0.3, 0.4) is 0 Å². The first kappa shape index (κ1) is 16.0. The molecule has 1 atom stereocenters. The number of rotatable bonds is 4. The number of phenols is 1. The Hall–Kier alpha value is -1.34. The second kappa shape index (κ2) is 6.62. The van der Waals surface area contributed by atoms with Gasteiger partial charge in [-0.1, -0.05) is 12.1 Å². The summed E-state index contributed by atoms with van der Waals surface area (Å²) >= 11 is 0. The van der Waals surface area contributed by atoms with Gasteiger partial charge in [-0.3, -0.25) is 4.90 Å². The van der Waals surface area contributed by atoms with Crippen molar-refractivity contribution in [3.8, 4) is 5.75 Å². The largest absolute Gasteiger partial charge is 0.505 e. The fraction of sp³-hybridized carbons (Fsp3) is 0.571. The molecule has 1 aliphatic rings. The summed E-state index contributed by atoms with van der Waals surface area (Å²) in [6.45, 7) is 2.47. The van der Waals surface area contributed by atoms with Crippen molar-refractivity contribution in [3.63, 3.8) is 0 Å². The average Bonchev–Trinajstić information content (AvgIpc) is 2.43. The summed E-state index contributed by atoms with van der Waals surface area (Å²) in [6.07, 6.45) is -5.42. The molecule has 2 rings (SSSR count). The van der Waals surface area contributed by atoms with Gasteiger partial charge in [0.25, 0.3) is 0 Å². The molecule has 0 spiro atoms. The lowest BCUT2D eigenvalue weighted by atomic mass is 9.98. The maximum Gasteiger partial charge on any atom is 0.389 e. The van der Waals surface area contributed by atoms with Crippen molar-refractivity contribution >= 4 is 0 Å². The molecule has 1 saturated heterocycles. The molecule has 3 nitrogen and oxygen atoms in total. The Bertz CT molecular complexity index is 473. The van der Waals surface area contributed by atoms with Gasteiger partial charge in [0.05, 0.1) is 0 Å². The zero-order valence-corrected chi connectivity index (χ0v) is 11.5. The number of aromatic hydroxyl groups is 1. The first-order valence-electron chi connectivity index (χ1n) is 6.87. The van der Waals surface area contributed by atoms with Gasteiger partial charge in [-0.25, -0.2) is 4.39 Å². The summed E-state index contributed by atoms with van der Waals surface area (Å²) in [5, 5.41) is 12.9. The highest BCUT2D eigenvalue weighted by molar-refractivity contribution is 5.36. The lowest BCUT2D eigenvalue weighted by Gasteiger charge is -2.35. The highest BCUT2D eigenvalue weighted by Gasteiger charge is 2.32. The molecule has 1 aromatic carbocycles. The molecule has 0 saturated carbocycles. The van der Waals surface area contributed by atoms with Crippen molar-refractivity contribution < 1.29 is 22.7 Å². The molecule has 0 bridgehead atoms. The van der Waals surface area contributed by atoms with Crippen LogP contribution in [0.15, 0.2) is 18.2 Å². The van der Waals surface area contributed by atoms with Gasteiger partial charge in [0.1, 0.15) is 0 Å². The Labute approximate surface area is 120 Å². The first-order valence-corrected chi connectivity index (χ1v) is 6.87. The molecule has 0 radical (unpaired) electrons. The van der Waals surface area contributed by atoms with E-state index in [1.54, 1.807) is 0 Å². The number of nitrogens with zero attached hydrogens (tertiary/aromatic N) is 1. The van der Waals surface area contributed by atoms with Gasteiger partial charge in [-0.2, -0.15) is 13.2 Å². The smallest absolute Gasteiger partial charge is 0.389 e. The number of piperazine rings is 1. The quantitative estimate of drug-likeness (QED) is 0.840. The van der Waals surface area contributed by atoms with E-state index in [0.717, 1.165) is 6.07 Å². The second-order valence-corrected chi connectivity index (χ2v) is 5.13. The van der Waals surface area contributed by atoms with Gasteiger partial charge in [-0.05, 0) is 12.5 Å². The van der Waals surface area contributed by atoms with Crippen LogP contribution in [0, 0.1) is 5.82 Å². The predicted octanol–water partition coefficient (Wildman–Crippen LogP) is 2.82. The minimum atomic E-state index is -4.27. The third kappa shape index (κ3) is 4.31. The van der Waals surface area contributed by atoms with Gasteiger partial charge in [-0.15, -0.1) is 0 Å². The molecule has 0 aromatic heterocycles. The number of halogens is 4. The van der Waals surface area contributed by atoms with Crippen molar-refractivity contribution in [2.75, 3.05) is 26.2 Å². The first-order chi connectivity index (χ1) is 9.88.